The molecule has 1 saturated heterocycles. The number of esters is 1. The fraction of sp³-hybridized carbons (Fsp3) is 0.396. The quantitative estimate of drug-likeness (QED) is 0.0723. The first-order chi connectivity index (χ1) is 33.5. The van der Waals surface area contributed by atoms with Crippen LogP contribution in [0, 0.1) is 18.2 Å². The molecular weight excluding hydrogens is 967 g/mol. The number of ether oxygens (including phenoxy) is 2. The summed E-state index contributed by atoms with van der Waals surface area (Å²) in [5, 5.41) is 14.4. The number of aromatic nitrogens is 2. The number of fused-ring (bicyclic) bond motifs is 6. The average Bonchev–Trinajstić information content (AvgIpc) is 3.86. The van der Waals surface area contributed by atoms with Crippen LogP contribution in [-0.4, -0.2) is 81.2 Å². The van der Waals surface area contributed by atoms with Crippen LogP contribution in [-0.2, 0) is 62.6 Å². The summed E-state index contributed by atoms with van der Waals surface area (Å²) in [6.45, 7) is 7.57. The number of benzene rings is 3. The number of aliphatic hydroxyl groups is 1. The van der Waals surface area contributed by atoms with E-state index in [1.807, 2.05) is 18.2 Å². The zero-order valence-corrected chi connectivity index (χ0v) is 40.3. The molecule has 4 aliphatic heterocycles. The number of pyridine rings is 2. The van der Waals surface area contributed by atoms with Gasteiger partial charge in [0, 0.05) is 66.8 Å². The number of phosphoric ester groups is 2. The van der Waals surface area contributed by atoms with E-state index in [1.165, 1.54) is 21.6 Å². The van der Waals surface area contributed by atoms with Crippen LogP contribution in [0.5, 0.6) is 11.5 Å². The topological polar surface area (TPSA) is 277 Å². The van der Waals surface area contributed by atoms with Gasteiger partial charge in [-0.15, -0.1) is 0 Å². The average molecular weight is 1020 g/mol. The third-order valence-corrected chi connectivity index (χ3v) is 15.6. The minimum atomic E-state index is -5.21. The van der Waals surface area contributed by atoms with Crippen molar-refractivity contribution in [3.05, 3.63) is 120 Å². The van der Waals surface area contributed by atoms with Gasteiger partial charge in [-0.25, -0.2) is 28.1 Å². The Morgan fingerprint density at radius 3 is 2.38 bits per heavy atom. The molecule has 6 N–H and O–H groups in total. The first-order valence-electron chi connectivity index (χ1n) is 23.1. The number of amides is 2. The van der Waals surface area contributed by atoms with Crippen molar-refractivity contribution in [1.82, 2.24) is 24.7 Å². The first-order valence-corrected chi connectivity index (χ1v) is 26.1. The number of aryl methyl sites for hydroxylation is 1. The summed E-state index contributed by atoms with van der Waals surface area (Å²) < 4.78 is 61.1. The van der Waals surface area contributed by atoms with Gasteiger partial charge in [-0.2, -0.15) is 0 Å². The van der Waals surface area contributed by atoms with E-state index in [1.54, 1.807) is 26.8 Å². The van der Waals surface area contributed by atoms with Crippen molar-refractivity contribution in [2.75, 3.05) is 13.1 Å². The Hall–Kier alpha value is -6.02. The van der Waals surface area contributed by atoms with Gasteiger partial charge < -0.3 is 38.4 Å². The second-order valence-electron chi connectivity index (χ2n) is 19.9. The number of likely N-dealkylation sites (tertiary alicyclic amines) is 1. The van der Waals surface area contributed by atoms with Gasteiger partial charge in [0.2, 0.25) is 0 Å². The molecule has 372 valence electrons. The Bertz CT molecular complexity index is 3340. The van der Waals surface area contributed by atoms with Crippen molar-refractivity contribution in [3.8, 4) is 22.9 Å². The minimum Gasteiger partial charge on any atom is -0.458 e. The fourth-order valence-corrected chi connectivity index (χ4v) is 12.4. The molecule has 0 radical (unpaired) electrons. The summed E-state index contributed by atoms with van der Waals surface area (Å²) in [5.41, 5.74) is 6.55. The summed E-state index contributed by atoms with van der Waals surface area (Å²) in [4.78, 5) is 100. The molecule has 71 heavy (non-hydrogen) atoms. The van der Waals surface area contributed by atoms with Crippen LogP contribution in [0.3, 0.4) is 0 Å². The molecule has 23 heteroatoms. The lowest BCUT2D eigenvalue weighted by Gasteiger charge is -2.58. The largest absolute Gasteiger partial charge is 0.524 e. The number of carbonyl (C=O) groups is 3. The van der Waals surface area contributed by atoms with Gasteiger partial charge in [-0.05, 0) is 89.6 Å². The van der Waals surface area contributed by atoms with E-state index in [9.17, 15) is 53.0 Å². The Morgan fingerprint density at radius 1 is 0.944 bits per heavy atom. The van der Waals surface area contributed by atoms with Crippen molar-refractivity contribution in [2.45, 2.75) is 103 Å². The number of hydrogen-bond donors (Lipinski definition) is 6. The van der Waals surface area contributed by atoms with Crippen LogP contribution < -0.4 is 19.9 Å². The molecule has 2 fully saturated rings. The number of halogens is 1. The summed E-state index contributed by atoms with van der Waals surface area (Å²) in [6, 6.07) is 10.5. The van der Waals surface area contributed by atoms with Gasteiger partial charge in [0.05, 0.1) is 40.6 Å². The van der Waals surface area contributed by atoms with E-state index in [4.69, 9.17) is 23.5 Å². The molecule has 0 bridgehead atoms. The summed E-state index contributed by atoms with van der Waals surface area (Å²) >= 11 is 0. The van der Waals surface area contributed by atoms with Gasteiger partial charge in [0.25, 0.3) is 11.5 Å². The molecule has 20 nitrogen and oxygen atoms in total. The zero-order chi connectivity index (χ0) is 50.2. The number of carbonyl (C=O) groups excluding carboxylic acids is 3. The zero-order valence-electron chi connectivity index (χ0n) is 38.5. The van der Waals surface area contributed by atoms with Gasteiger partial charge in [0.15, 0.2) is 6.10 Å². The van der Waals surface area contributed by atoms with Gasteiger partial charge >= 0.3 is 27.7 Å². The van der Waals surface area contributed by atoms with Gasteiger partial charge in [-0.3, -0.25) is 34.1 Å². The minimum absolute atomic E-state index is 0.0105. The lowest BCUT2D eigenvalue weighted by Crippen LogP contribution is -2.63. The molecular formula is C48H48FN5O15P2. The van der Waals surface area contributed by atoms with Crippen molar-refractivity contribution in [1.29, 1.82) is 0 Å². The van der Waals surface area contributed by atoms with Crippen LogP contribution in [0.25, 0.3) is 22.3 Å². The molecule has 6 aliphatic rings. The van der Waals surface area contributed by atoms with E-state index in [-0.39, 0.29) is 65.8 Å². The standard InChI is InChI=1S/C48H48FN5O15P2/c1-22(2)29-9-31(39(69-71(63,64)65)12-38(29)68-70(60,61)62)44(56)53-16-25-5-4-24(8-26(25)17-53)15-52-20-48(21-52)13-27(14-48)67-47(59)51-35-7-6-28-23(3)34(49)11-36-40(28)41(35)32-18-54-37(42(32)50-36)10-30-33(45(54)57)19-66-46(58)43(30)55/h4-5,8-12,22,27,35,43,55H,6-7,13-21H2,1-3H3,(H,51,59)(H2,60,61,62)(H2,63,64,65)/t35-,43?/m0/s1. The first kappa shape index (κ1) is 47.3. The predicted octanol–water partition coefficient (Wildman–Crippen LogP) is 5.56. The maximum atomic E-state index is 15.3. The van der Waals surface area contributed by atoms with Crippen LogP contribution in [0.4, 0.5) is 9.18 Å². The SMILES string of the molecule is Cc1c(F)cc2nc3c(c4c2c1CC[C@@H]4NC(=O)OC1CC2(C1)CN(Cc1ccc4c(c1)CN(C(=O)c1cc(C(C)C)c(OP(=O)(O)O)cc1OP(=O)(O)O)C4)C2)Cn1c-3cc2c(c1=O)COC(=O)C2O. The van der Waals surface area contributed by atoms with E-state index in [2.05, 4.69) is 10.2 Å². The monoisotopic (exact) mass is 1020 g/mol. The summed E-state index contributed by atoms with van der Waals surface area (Å²) in [5.74, 6) is -3.25. The third kappa shape index (κ3) is 8.41. The maximum Gasteiger partial charge on any atom is 0.524 e. The third-order valence-electron chi connectivity index (χ3n) is 14.7. The normalized spacial score (nSPS) is 19.9. The van der Waals surface area contributed by atoms with Crippen LogP contribution in [0.15, 0.2) is 47.3 Å². The highest BCUT2D eigenvalue weighted by molar-refractivity contribution is 7.47. The Morgan fingerprint density at radius 2 is 1.66 bits per heavy atom. The molecule has 6 heterocycles. The fourth-order valence-electron chi connectivity index (χ4n) is 11.6. The van der Waals surface area contributed by atoms with Crippen LogP contribution >= 0.6 is 15.6 Å². The van der Waals surface area contributed by atoms with E-state index < -0.39 is 68.8 Å². The van der Waals surface area contributed by atoms with Gasteiger partial charge in [0.1, 0.15) is 30.0 Å². The molecule has 5 aromatic rings. The van der Waals surface area contributed by atoms with Crippen LogP contribution in [0.1, 0.15) is 117 Å². The van der Waals surface area contributed by atoms with E-state index in [0.29, 0.717) is 60.3 Å². The highest BCUT2D eigenvalue weighted by Crippen LogP contribution is 2.51. The highest BCUT2D eigenvalue weighted by Gasteiger charge is 2.54. The molecule has 2 amide bonds. The Balaban J connectivity index is 0.732. The Kier molecular flexibility index (Phi) is 11.2. The smallest absolute Gasteiger partial charge is 0.458 e. The number of rotatable bonds is 10. The number of cyclic esters (lactones) is 1. The molecule has 3 aromatic carbocycles. The lowest BCUT2D eigenvalue weighted by molar-refractivity contribution is -0.157. The number of phosphoric acid groups is 2. The predicted molar refractivity (Wildman–Crippen MR) is 247 cm³/mol. The van der Waals surface area contributed by atoms with Crippen LogP contribution in [0.2, 0.25) is 0 Å². The molecule has 2 atom stereocenters. The van der Waals surface area contributed by atoms with Crippen molar-refractivity contribution in [3.63, 3.8) is 0 Å². The molecule has 1 unspecified atom stereocenters. The maximum absolute atomic E-state index is 15.3. The number of nitrogens with one attached hydrogen (secondary N) is 1. The number of aliphatic hydroxyl groups excluding tert-OH is 1. The number of alkyl carbamates (subject to hydrolysis) is 1. The second kappa shape index (κ2) is 16.8. The van der Waals surface area contributed by atoms with Crippen molar-refractivity contribution < 1.29 is 71.1 Å². The van der Waals surface area contributed by atoms with E-state index in [0.717, 1.165) is 52.4 Å². The van der Waals surface area contributed by atoms with Gasteiger partial charge in [-0.1, -0.05) is 32.0 Å². The summed E-state index contributed by atoms with van der Waals surface area (Å²) in [7, 11) is -10.3. The molecule has 2 aromatic heterocycles. The number of hydrogen-bond acceptors (Lipinski definition) is 13. The Labute approximate surface area is 403 Å². The lowest BCUT2D eigenvalue weighted by atomic mass is 9.61. The molecule has 1 saturated carbocycles. The number of nitrogens with zero attached hydrogens (tertiary/aromatic N) is 4. The van der Waals surface area contributed by atoms with E-state index >= 15 is 4.39 Å². The summed E-state index contributed by atoms with van der Waals surface area (Å²) in [6.07, 6.45) is -0.244. The molecule has 2 aliphatic carbocycles. The highest BCUT2D eigenvalue weighted by atomic mass is 31.2. The molecule has 1 spiro atoms. The second-order valence-corrected chi connectivity index (χ2v) is 22.2. The molecule has 11 rings (SSSR count). The van der Waals surface area contributed by atoms with Crippen molar-refractivity contribution in [2.24, 2.45) is 5.41 Å². The van der Waals surface area contributed by atoms with Crippen molar-refractivity contribution >= 4 is 44.5 Å².